The Bertz CT molecular complexity index is 2880. The van der Waals surface area contributed by atoms with Crippen molar-refractivity contribution in [3.05, 3.63) is 223 Å². The second-order valence-corrected chi connectivity index (χ2v) is 15.3. The van der Waals surface area contributed by atoms with E-state index in [4.69, 9.17) is 0 Å². The van der Waals surface area contributed by atoms with Crippen LogP contribution in [0.3, 0.4) is 0 Å². The van der Waals surface area contributed by atoms with Crippen molar-refractivity contribution in [3.63, 3.8) is 0 Å². The number of hydrogen-bond donors (Lipinski definition) is 0. The summed E-state index contributed by atoms with van der Waals surface area (Å²) in [6.07, 6.45) is 0. The van der Waals surface area contributed by atoms with Gasteiger partial charge in [0.1, 0.15) is 0 Å². The molecule has 0 saturated heterocycles. The minimum absolute atomic E-state index is 0.113. The van der Waals surface area contributed by atoms with Gasteiger partial charge in [0, 0.05) is 22.5 Å². The molecule has 0 bridgehead atoms. The third kappa shape index (κ3) is 5.72. The first kappa shape index (κ1) is 33.6. The lowest BCUT2D eigenvalue weighted by Crippen LogP contribution is -2.16. The van der Waals surface area contributed by atoms with Crippen molar-refractivity contribution in [3.8, 4) is 55.6 Å². The predicted molar refractivity (Wildman–Crippen MR) is 238 cm³/mol. The molecular formula is C55H41N. The molecular weight excluding hydrogens is 675 g/mol. The highest BCUT2D eigenvalue weighted by Crippen LogP contribution is 2.51. The zero-order chi connectivity index (χ0) is 37.6. The Hall–Kier alpha value is -6.96. The fraction of sp³-hybridized carbons (Fsp3) is 0.0545. The van der Waals surface area contributed by atoms with Crippen LogP contribution in [0.25, 0.3) is 66.4 Å². The largest absolute Gasteiger partial charge is 0.310 e. The normalized spacial score (nSPS) is 12.6. The van der Waals surface area contributed by atoms with E-state index in [0.717, 1.165) is 22.6 Å². The second kappa shape index (κ2) is 13.7. The van der Waals surface area contributed by atoms with E-state index in [2.05, 4.69) is 231 Å². The van der Waals surface area contributed by atoms with E-state index < -0.39 is 0 Å². The van der Waals surface area contributed by atoms with Crippen molar-refractivity contribution >= 4 is 27.8 Å². The summed E-state index contributed by atoms with van der Waals surface area (Å²) >= 11 is 0. The molecule has 1 nitrogen and oxygen atoms in total. The number of fused-ring (bicyclic) bond motifs is 4. The molecule has 1 aliphatic rings. The number of hydrogen-bond acceptors (Lipinski definition) is 1. The second-order valence-electron chi connectivity index (χ2n) is 15.3. The quantitative estimate of drug-likeness (QED) is 0.159. The van der Waals surface area contributed by atoms with Crippen LogP contribution in [0.4, 0.5) is 17.1 Å². The molecule has 0 fully saturated rings. The average Bonchev–Trinajstić information content (AvgIpc) is 3.49. The van der Waals surface area contributed by atoms with Crippen LogP contribution in [0.5, 0.6) is 0 Å². The highest BCUT2D eigenvalue weighted by molar-refractivity contribution is 6.00. The van der Waals surface area contributed by atoms with E-state index >= 15 is 0 Å². The topological polar surface area (TPSA) is 3.24 Å². The van der Waals surface area contributed by atoms with E-state index in [0.29, 0.717) is 0 Å². The molecule has 0 radical (unpaired) electrons. The maximum Gasteiger partial charge on any atom is 0.0468 e. The first-order valence-corrected chi connectivity index (χ1v) is 19.5. The third-order valence-corrected chi connectivity index (χ3v) is 11.7. The Morgan fingerprint density at radius 1 is 0.304 bits per heavy atom. The first-order chi connectivity index (χ1) is 27.5. The van der Waals surface area contributed by atoms with E-state index in [9.17, 15) is 0 Å². The molecule has 56 heavy (non-hydrogen) atoms. The molecule has 0 unspecified atom stereocenters. The molecule has 0 atom stereocenters. The average molecular weight is 716 g/mol. The molecule has 1 aliphatic carbocycles. The molecule has 0 saturated carbocycles. The summed E-state index contributed by atoms with van der Waals surface area (Å²) in [7, 11) is 0. The molecule has 0 aromatic heterocycles. The van der Waals surface area contributed by atoms with Crippen LogP contribution < -0.4 is 4.90 Å². The smallest absolute Gasteiger partial charge is 0.0468 e. The highest BCUT2D eigenvalue weighted by atomic mass is 15.1. The van der Waals surface area contributed by atoms with Crippen molar-refractivity contribution in [2.24, 2.45) is 0 Å². The van der Waals surface area contributed by atoms with Crippen molar-refractivity contribution in [1.82, 2.24) is 0 Å². The van der Waals surface area contributed by atoms with Crippen molar-refractivity contribution in [2.45, 2.75) is 19.3 Å². The van der Waals surface area contributed by atoms with Crippen LogP contribution in [0.15, 0.2) is 212 Å². The van der Waals surface area contributed by atoms with Gasteiger partial charge < -0.3 is 4.90 Å². The Labute approximate surface area is 329 Å². The summed E-state index contributed by atoms with van der Waals surface area (Å²) < 4.78 is 0. The standard InChI is InChI=1S/C55H41N/c1-55(2)52-30-14-13-26-49(52)50-34-33-45(37-53(50)55)56(44-32-31-38-17-9-10-22-41(38)35-44)43-24-15-23-42(36-43)48-29-16-28-47(40-20-7-4-8-21-40)54(48)51-27-12-11-25-46(51)39-18-5-3-6-19-39/h3-37H,1-2H3. The maximum absolute atomic E-state index is 2.44. The van der Waals surface area contributed by atoms with Crippen molar-refractivity contribution < 1.29 is 0 Å². The predicted octanol–water partition coefficient (Wildman–Crippen LogP) is 15.3. The van der Waals surface area contributed by atoms with Crippen LogP contribution in [-0.4, -0.2) is 0 Å². The summed E-state index contributed by atoms with van der Waals surface area (Å²) in [5, 5.41) is 2.45. The zero-order valence-electron chi connectivity index (χ0n) is 31.7. The third-order valence-electron chi connectivity index (χ3n) is 11.7. The monoisotopic (exact) mass is 715 g/mol. The molecule has 0 spiro atoms. The van der Waals surface area contributed by atoms with Crippen molar-refractivity contribution in [1.29, 1.82) is 0 Å². The molecule has 266 valence electrons. The number of nitrogens with zero attached hydrogens (tertiary/aromatic N) is 1. The van der Waals surface area contributed by atoms with Gasteiger partial charge in [-0.2, -0.15) is 0 Å². The fourth-order valence-corrected chi connectivity index (χ4v) is 8.92. The lowest BCUT2D eigenvalue weighted by atomic mass is 9.82. The Morgan fingerprint density at radius 3 is 1.57 bits per heavy atom. The molecule has 9 aromatic carbocycles. The summed E-state index contributed by atoms with van der Waals surface area (Å²) in [5.74, 6) is 0. The highest BCUT2D eigenvalue weighted by Gasteiger charge is 2.35. The molecule has 0 N–H and O–H groups in total. The van der Waals surface area contributed by atoms with E-state index in [1.807, 2.05) is 0 Å². The zero-order valence-corrected chi connectivity index (χ0v) is 31.7. The van der Waals surface area contributed by atoms with E-state index in [-0.39, 0.29) is 5.41 Å². The van der Waals surface area contributed by atoms with Crippen LogP contribution in [-0.2, 0) is 5.41 Å². The lowest BCUT2D eigenvalue weighted by Gasteiger charge is -2.29. The van der Waals surface area contributed by atoms with Crippen molar-refractivity contribution in [2.75, 3.05) is 4.90 Å². The van der Waals surface area contributed by atoms with Gasteiger partial charge in [-0.3, -0.25) is 0 Å². The van der Waals surface area contributed by atoms with Gasteiger partial charge in [0.2, 0.25) is 0 Å². The fourth-order valence-electron chi connectivity index (χ4n) is 8.92. The van der Waals surface area contributed by atoms with Gasteiger partial charge in [0.25, 0.3) is 0 Å². The lowest BCUT2D eigenvalue weighted by molar-refractivity contribution is 0.660. The van der Waals surface area contributed by atoms with Crippen LogP contribution in [0.2, 0.25) is 0 Å². The van der Waals surface area contributed by atoms with Crippen LogP contribution in [0, 0.1) is 0 Å². The minimum Gasteiger partial charge on any atom is -0.310 e. The summed E-state index contributed by atoms with van der Waals surface area (Å²) in [5.41, 5.74) is 18.3. The van der Waals surface area contributed by atoms with Crippen LogP contribution >= 0.6 is 0 Å². The summed E-state index contributed by atoms with van der Waals surface area (Å²) in [6.45, 7) is 4.72. The molecule has 0 aliphatic heterocycles. The SMILES string of the molecule is CC1(C)c2ccccc2-c2ccc(N(c3cccc(-c4cccc(-c5ccccc5)c4-c4ccccc4-c4ccccc4)c3)c3ccc4ccccc4c3)cc21. The summed E-state index contributed by atoms with van der Waals surface area (Å²) in [6, 6.07) is 77.7. The molecule has 1 heteroatoms. The van der Waals surface area contributed by atoms with Gasteiger partial charge in [-0.15, -0.1) is 0 Å². The number of rotatable bonds is 7. The summed E-state index contributed by atoms with van der Waals surface area (Å²) in [4.78, 5) is 2.44. The first-order valence-electron chi connectivity index (χ1n) is 19.5. The maximum atomic E-state index is 2.44. The molecule has 10 rings (SSSR count). The van der Waals surface area contributed by atoms with Gasteiger partial charge in [0.05, 0.1) is 0 Å². The van der Waals surface area contributed by atoms with Gasteiger partial charge in [-0.1, -0.05) is 190 Å². The van der Waals surface area contributed by atoms with Crippen LogP contribution in [0.1, 0.15) is 25.0 Å². The Morgan fingerprint density at radius 2 is 0.804 bits per heavy atom. The van der Waals surface area contributed by atoms with Gasteiger partial charge in [-0.25, -0.2) is 0 Å². The van der Waals surface area contributed by atoms with Gasteiger partial charge >= 0.3 is 0 Å². The molecule has 0 amide bonds. The Kier molecular flexibility index (Phi) is 8.23. The molecule has 0 heterocycles. The number of benzene rings is 9. The molecule has 9 aromatic rings. The van der Waals surface area contributed by atoms with Gasteiger partial charge in [0.15, 0.2) is 0 Å². The minimum atomic E-state index is -0.113. The van der Waals surface area contributed by atoms with E-state index in [1.165, 1.54) is 72.0 Å². The van der Waals surface area contributed by atoms with Gasteiger partial charge in [-0.05, 0) is 114 Å². The Balaban J connectivity index is 1.19. The number of anilines is 3. The van der Waals surface area contributed by atoms with E-state index in [1.54, 1.807) is 0 Å².